The van der Waals surface area contributed by atoms with E-state index in [1.165, 1.54) is 7.11 Å². The lowest BCUT2D eigenvalue weighted by molar-refractivity contribution is 0.0193. The average Bonchev–Trinajstić information content (AvgIpc) is 2.73. The number of rotatable bonds is 1. The topological polar surface area (TPSA) is 73.7 Å². The Morgan fingerprint density at radius 3 is 2.52 bits per heavy atom. The predicted molar refractivity (Wildman–Crippen MR) is 77.9 cm³/mol. The van der Waals surface area contributed by atoms with E-state index in [0.717, 1.165) is 5.69 Å². The van der Waals surface area contributed by atoms with Crippen LogP contribution in [0.15, 0.2) is 4.47 Å². The Morgan fingerprint density at radius 1 is 1.29 bits per heavy atom. The summed E-state index contributed by atoms with van der Waals surface area (Å²) in [5.41, 5.74) is 0.439. The molecule has 0 N–H and O–H groups in total. The van der Waals surface area contributed by atoms with Crippen LogP contribution in [0.4, 0.5) is 4.79 Å². The third-order valence-corrected chi connectivity index (χ3v) is 3.78. The summed E-state index contributed by atoms with van der Waals surface area (Å²) in [7, 11) is 1.31. The van der Waals surface area contributed by atoms with Crippen LogP contribution >= 0.6 is 15.9 Å². The second-order valence-corrected chi connectivity index (χ2v) is 6.52. The number of hydrogen-bond donors (Lipinski definition) is 0. The minimum absolute atomic E-state index is 0.221. The summed E-state index contributed by atoms with van der Waals surface area (Å²) in [5.74, 6) is -0.507. The van der Waals surface area contributed by atoms with E-state index in [1.807, 2.05) is 20.8 Å². The fourth-order valence-corrected chi connectivity index (χ4v) is 2.57. The summed E-state index contributed by atoms with van der Waals surface area (Å²) in [4.78, 5) is 25.3. The number of carbonyl (C=O) groups is 2. The van der Waals surface area contributed by atoms with Crippen molar-refractivity contribution in [2.45, 2.75) is 39.5 Å². The number of amides is 1. The molecule has 1 amide bonds. The summed E-state index contributed by atoms with van der Waals surface area (Å²) in [6, 6.07) is 0. The molecule has 2 rings (SSSR count). The van der Waals surface area contributed by atoms with Gasteiger partial charge in [-0.25, -0.2) is 9.59 Å². The molecule has 8 heteroatoms. The smallest absolute Gasteiger partial charge is 0.410 e. The zero-order valence-corrected chi connectivity index (χ0v) is 14.1. The molecule has 116 valence electrons. The van der Waals surface area contributed by atoms with Crippen LogP contribution in [0, 0.1) is 0 Å². The van der Waals surface area contributed by atoms with Crippen molar-refractivity contribution in [1.29, 1.82) is 0 Å². The number of esters is 1. The molecule has 0 unspecified atom stereocenters. The van der Waals surface area contributed by atoms with Crippen molar-refractivity contribution in [2.75, 3.05) is 13.7 Å². The minimum atomic E-state index is -0.539. The van der Waals surface area contributed by atoms with Gasteiger partial charge in [0.05, 0.1) is 30.4 Å². The molecule has 1 aromatic heterocycles. The maximum absolute atomic E-state index is 12.1. The van der Waals surface area contributed by atoms with Gasteiger partial charge in [-0.05, 0) is 36.7 Å². The molecule has 0 saturated heterocycles. The first-order valence-corrected chi connectivity index (χ1v) is 7.33. The molecule has 0 bridgehead atoms. The van der Waals surface area contributed by atoms with E-state index in [1.54, 1.807) is 9.58 Å². The van der Waals surface area contributed by atoms with Gasteiger partial charge in [-0.2, -0.15) is 5.10 Å². The average molecular weight is 360 g/mol. The highest BCUT2D eigenvalue weighted by Gasteiger charge is 2.30. The van der Waals surface area contributed by atoms with Gasteiger partial charge in [0.25, 0.3) is 0 Å². The second kappa shape index (κ2) is 5.67. The quantitative estimate of drug-likeness (QED) is 0.718. The van der Waals surface area contributed by atoms with E-state index in [0.29, 0.717) is 24.1 Å². The number of carbonyl (C=O) groups excluding carboxylic acids is 2. The van der Waals surface area contributed by atoms with E-state index in [4.69, 9.17) is 4.74 Å². The lowest BCUT2D eigenvalue weighted by Gasteiger charge is -2.30. The largest absolute Gasteiger partial charge is 0.464 e. The Labute approximate surface area is 131 Å². The molecule has 21 heavy (non-hydrogen) atoms. The maximum atomic E-state index is 12.1. The van der Waals surface area contributed by atoms with Gasteiger partial charge in [0.2, 0.25) is 0 Å². The Hall–Kier alpha value is -1.57. The third kappa shape index (κ3) is 3.37. The number of methoxy groups -OCH3 is 1. The molecular formula is C13H18BrN3O4. The van der Waals surface area contributed by atoms with Gasteiger partial charge in [-0.3, -0.25) is 4.68 Å². The van der Waals surface area contributed by atoms with Crippen LogP contribution in [0.5, 0.6) is 0 Å². The molecule has 1 aliphatic heterocycles. The van der Waals surface area contributed by atoms with Crippen LogP contribution in [0.2, 0.25) is 0 Å². The summed E-state index contributed by atoms with van der Waals surface area (Å²) < 4.78 is 12.3. The molecule has 0 radical (unpaired) electrons. The lowest BCUT2D eigenvalue weighted by atomic mass is 10.2. The van der Waals surface area contributed by atoms with Crippen LogP contribution in [0.3, 0.4) is 0 Å². The summed E-state index contributed by atoms with van der Waals surface area (Å²) in [5, 5.41) is 4.21. The van der Waals surface area contributed by atoms with Crippen molar-refractivity contribution in [3.05, 3.63) is 15.9 Å². The number of hydrogen-bond acceptors (Lipinski definition) is 5. The predicted octanol–water partition coefficient (Wildman–Crippen LogP) is 2.18. The number of ether oxygens (including phenoxy) is 2. The number of nitrogens with zero attached hydrogens (tertiary/aromatic N) is 3. The van der Waals surface area contributed by atoms with Gasteiger partial charge in [0, 0.05) is 6.54 Å². The van der Waals surface area contributed by atoms with E-state index in [9.17, 15) is 9.59 Å². The zero-order chi connectivity index (χ0) is 15.8. The van der Waals surface area contributed by atoms with Gasteiger partial charge < -0.3 is 14.4 Å². The molecule has 2 heterocycles. The fraction of sp³-hybridized carbons (Fsp3) is 0.615. The van der Waals surface area contributed by atoms with E-state index in [-0.39, 0.29) is 11.8 Å². The molecule has 0 fully saturated rings. The SMILES string of the molecule is COC(=O)c1nn2c(c1Br)CN(C(=O)OC(C)(C)C)CC2. The van der Waals surface area contributed by atoms with E-state index >= 15 is 0 Å². The highest BCUT2D eigenvalue weighted by molar-refractivity contribution is 9.10. The second-order valence-electron chi connectivity index (χ2n) is 5.73. The van der Waals surface area contributed by atoms with Crippen LogP contribution in [-0.2, 0) is 22.6 Å². The van der Waals surface area contributed by atoms with Crippen molar-refractivity contribution in [3.8, 4) is 0 Å². The first kappa shape index (κ1) is 15.8. The van der Waals surface area contributed by atoms with Crippen LogP contribution in [-0.4, -0.2) is 46.0 Å². The lowest BCUT2D eigenvalue weighted by Crippen LogP contribution is -2.41. The van der Waals surface area contributed by atoms with E-state index in [2.05, 4.69) is 25.8 Å². The number of halogens is 1. The third-order valence-electron chi connectivity index (χ3n) is 2.95. The molecule has 0 spiro atoms. The first-order valence-electron chi connectivity index (χ1n) is 6.54. The Morgan fingerprint density at radius 2 is 1.95 bits per heavy atom. The molecule has 7 nitrogen and oxygen atoms in total. The Balaban J connectivity index is 2.19. The fourth-order valence-electron chi connectivity index (χ4n) is 2.00. The minimum Gasteiger partial charge on any atom is -0.464 e. The van der Waals surface area contributed by atoms with Crippen molar-refractivity contribution in [1.82, 2.24) is 14.7 Å². The molecular weight excluding hydrogens is 342 g/mol. The summed E-state index contributed by atoms with van der Waals surface area (Å²) in [6.45, 7) is 6.79. The van der Waals surface area contributed by atoms with Crippen molar-refractivity contribution >= 4 is 28.0 Å². The Bertz CT molecular complexity index is 577. The van der Waals surface area contributed by atoms with Crippen LogP contribution in [0.25, 0.3) is 0 Å². The Kier molecular flexibility index (Phi) is 4.27. The standard InChI is InChI=1S/C13H18BrN3O4/c1-13(2,3)21-12(19)16-5-6-17-8(7-16)9(14)10(15-17)11(18)20-4/h5-7H2,1-4H3. The monoisotopic (exact) mass is 359 g/mol. The highest BCUT2D eigenvalue weighted by atomic mass is 79.9. The molecule has 1 aromatic rings. The normalized spacial score (nSPS) is 14.6. The van der Waals surface area contributed by atoms with Crippen LogP contribution in [0.1, 0.15) is 37.0 Å². The molecule has 0 atom stereocenters. The van der Waals surface area contributed by atoms with Gasteiger partial charge >= 0.3 is 12.1 Å². The van der Waals surface area contributed by atoms with Gasteiger partial charge in [-0.1, -0.05) is 0 Å². The summed E-state index contributed by atoms with van der Waals surface area (Å²) >= 11 is 3.35. The summed E-state index contributed by atoms with van der Waals surface area (Å²) in [6.07, 6.45) is -0.374. The van der Waals surface area contributed by atoms with Gasteiger partial charge in [-0.15, -0.1) is 0 Å². The van der Waals surface area contributed by atoms with Crippen molar-refractivity contribution in [2.24, 2.45) is 0 Å². The first-order chi connectivity index (χ1) is 9.73. The number of fused-ring (bicyclic) bond motifs is 1. The molecule has 0 aliphatic carbocycles. The molecule has 0 aromatic carbocycles. The van der Waals surface area contributed by atoms with E-state index < -0.39 is 11.6 Å². The maximum Gasteiger partial charge on any atom is 0.410 e. The van der Waals surface area contributed by atoms with Gasteiger partial charge in [0.15, 0.2) is 5.69 Å². The highest BCUT2D eigenvalue weighted by Crippen LogP contribution is 2.27. The molecule has 1 aliphatic rings. The molecule has 0 saturated carbocycles. The zero-order valence-electron chi connectivity index (χ0n) is 12.5. The van der Waals surface area contributed by atoms with Gasteiger partial charge in [0.1, 0.15) is 5.60 Å². The van der Waals surface area contributed by atoms with Crippen molar-refractivity contribution < 1.29 is 19.1 Å². The van der Waals surface area contributed by atoms with Crippen molar-refractivity contribution in [3.63, 3.8) is 0 Å². The number of aromatic nitrogens is 2. The van der Waals surface area contributed by atoms with Crippen LogP contribution < -0.4 is 0 Å².